The van der Waals surface area contributed by atoms with Crippen LogP contribution in [0.2, 0.25) is 0 Å². The highest BCUT2D eigenvalue weighted by molar-refractivity contribution is 6.45. The quantitative estimate of drug-likeness (QED) is 0.198. The lowest BCUT2D eigenvalue weighted by Gasteiger charge is -2.16. The molecule has 0 saturated heterocycles. The number of nitriles is 1. The van der Waals surface area contributed by atoms with Crippen molar-refractivity contribution in [3.63, 3.8) is 0 Å². The maximum absolute atomic E-state index is 12.7. The largest absolute Gasteiger partial charge is 0.478 e. The number of rotatable bonds is 7. The number of nitrogens with one attached hydrogen (secondary N) is 3. The Morgan fingerprint density at radius 2 is 1.69 bits per heavy atom. The van der Waals surface area contributed by atoms with Gasteiger partial charge in [-0.25, -0.2) is 9.59 Å². The number of hydrazone groups is 1. The van der Waals surface area contributed by atoms with Gasteiger partial charge < -0.3 is 15.6 Å². The molecule has 3 aromatic carbocycles. The van der Waals surface area contributed by atoms with Crippen molar-refractivity contribution >= 4 is 35.0 Å². The van der Waals surface area contributed by atoms with Crippen molar-refractivity contribution in [3.05, 3.63) is 83.4 Å². The molecule has 174 valence electrons. The first-order valence-electron chi connectivity index (χ1n) is 10.5. The maximum atomic E-state index is 12.7. The van der Waals surface area contributed by atoms with E-state index in [4.69, 9.17) is 21.1 Å². The second kappa shape index (κ2) is 9.76. The van der Waals surface area contributed by atoms with E-state index in [0.717, 1.165) is 22.3 Å². The van der Waals surface area contributed by atoms with Crippen LogP contribution in [0.25, 0.3) is 11.1 Å². The highest BCUT2D eigenvalue weighted by Crippen LogP contribution is 2.44. The molecule has 4 rings (SSSR count). The molecule has 35 heavy (non-hydrogen) atoms. The summed E-state index contributed by atoms with van der Waals surface area (Å²) in [5, 5.41) is 31.9. The van der Waals surface area contributed by atoms with Crippen molar-refractivity contribution in [2.24, 2.45) is 10.8 Å². The van der Waals surface area contributed by atoms with E-state index in [1.165, 1.54) is 18.2 Å². The average molecular weight is 468 g/mol. The molecule has 6 N–H and O–H groups in total. The molecule has 0 bridgehead atoms. The van der Waals surface area contributed by atoms with Crippen LogP contribution in [0, 0.1) is 16.7 Å². The predicted molar refractivity (Wildman–Crippen MR) is 131 cm³/mol. The molecule has 1 aliphatic carbocycles. The second-order valence-electron chi connectivity index (χ2n) is 7.61. The van der Waals surface area contributed by atoms with Crippen molar-refractivity contribution in [3.8, 4) is 17.2 Å². The summed E-state index contributed by atoms with van der Waals surface area (Å²) in [6.07, 6.45) is -0.798. The Labute approximate surface area is 200 Å². The minimum Gasteiger partial charge on any atom is -0.478 e. The lowest BCUT2D eigenvalue weighted by molar-refractivity contribution is 0.0696. The van der Waals surface area contributed by atoms with E-state index in [1.54, 1.807) is 6.07 Å². The molecule has 10 heteroatoms. The van der Waals surface area contributed by atoms with Crippen LogP contribution in [-0.4, -0.2) is 35.3 Å². The molecule has 0 aromatic heterocycles. The first-order chi connectivity index (χ1) is 16.9. The van der Waals surface area contributed by atoms with E-state index in [2.05, 4.69) is 15.8 Å². The smallest absolute Gasteiger partial charge is 0.411 e. The number of carbonyl (C=O) groups excluding carboxylic acids is 1. The Balaban J connectivity index is 1.53. The third-order valence-electron chi connectivity index (χ3n) is 5.50. The lowest BCUT2D eigenvalue weighted by Crippen LogP contribution is -2.22. The molecule has 0 aliphatic heterocycles. The SMILES string of the molecule is N#C/C(=N\Nc1ccc(C(=O)O)cc1NC(=O)OCC1c2ccccc2-c2ccccc21)C(=N)N. The summed E-state index contributed by atoms with van der Waals surface area (Å²) in [5.74, 6) is -1.89. The zero-order chi connectivity index (χ0) is 24.9. The molecular weight excluding hydrogens is 448 g/mol. The van der Waals surface area contributed by atoms with E-state index in [0.29, 0.717) is 0 Å². The van der Waals surface area contributed by atoms with Crippen LogP contribution >= 0.6 is 0 Å². The van der Waals surface area contributed by atoms with Gasteiger partial charge in [0.1, 0.15) is 12.7 Å². The lowest BCUT2D eigenvalue weighted by atomic mass is 9.98. The van der Waals surface area contributed by atoms with E-state index >= 15 is 0 Å². The number of benzene rings is 3. The van der Waals surface area contributed by atoms with E-state index < -0.39 is 17.9 Å². The van der Waals surface area contributed by atoms with Crippen LogP contribution in [0.4, 0.5) is 16.2 Å². The molecule has 0 unspecified atom stereocenters. The molecular formula is C25H20N6O4. The number of carboxylic acids is 1. The van der Waals surface area contributed by atoms with Gasteiger partial charge in [-0.1, -0.05) is 48.5 Å². The fraction of sp³-hybridized carbons (Fsp3) is 0.0800. The Bertz CT molecular complexity index is 1360. The summed E-state index contributed by atoms with van der Waals surface area (Å²) < 4.78 is 5.52. The molecule has 0 fully saturated rings. The zero-order valence-corrected chi connectivity index (χ0v) is 18.3. The Morgan fingerprint density at radius 3 is 2.26 bits per heavy atom. The first-order valence-corrected chi connectivity index (χ1v) is 10.5. The number of anilines is 2. The Kier molecular flexibility index (Phi) is 6.42. The molecule has 1 aliphatic rings. The van der Waals surface area contributed by atoms with Gasteiger partial charge >= 0.3 is 12.1 Å². The normalized spacial score (nSPS) is 12.1. The van der Waals surface area contributed by atoms with Gasteiger partial charge in [0.25, 0.3) is 0 Å². The van der Waals surface area contributed by atoms with Crippen molar-refractivity contribution in [1.29, 1.82) is 10.7 Å². The monoisotopic (exact) mass is 468 g/mol. The number of nitrogens with two attached hydrogens (primary N) is 1. The standard InChI is InChI=1S/C25H20N6O4/c26-12-22(23(27)28)31-30-20-10-9-14(24(32)33)11-21(20)29-25(34)35-13-19-17-7-3-1-5-15(17)16-6-2-4-8-18(16)19/h1-11,19,30H,13H2,(H3,27,28)(H,29,34)(H,32,33)/b31-22+. The number of hydrogen-bond acceptors (Lipinski definition) is 7. The average Bonchev–Trinajstić information content (AvgIpc) is 3.17. The Hall–Kier alpha value is -5.17. The predicted octanol–water partition coefficient (Wildman–Crippen LogP) is 3.97. The maximum Gasteiger partial charge on any atom is 0.411 e. The van der Waals surface area contributed by atoms with Gasteiger partial charge in [-0.2, -0.15) is 10.4 Å². The van der Waals surface area contributed by atoms with Crippen LogP contribution in [0.3, 0.4) is 0 Å². The van der Waals surface area contributed by atoms with Gasteiger partial charge in [-0.3, -0.25) is 16.2 Å². The van der Waals surface area contributed by atoms with Crippen LogP contribution in [0.15, 0.2) is 71.8 Å². The highest BCUT2D eigenvalue weighted by atomic mass is 16.5. The Morgan fingerprint density at radius 1 is 1.06 bits per heavy atom. The molecule has 0 spiro atoms. The number of amides is 1. The van der Waals surface area contributed by atoms with Gasteiger partial charge in [0, 0.05) is 5.92 Å². The molecule has 0 radical (unpaired) electrons. The van der Waals surface area contributed by atoms with Crippen LogP contribution in [0.5, 0.6) is 0 Å². The summed E-state index contributed by atoms with van der Waals surface area (Å²) in [7, 11) is 0. The summed E-state index contributed by atoms with van der Waals surface area (Å²) in [6.45, 7) is 0.0717. The van der Waals surface area contributed by atoms with E-state index in [1.807, 2.05) is 48.5 Å². The van der Waals surface area contributed by atoms with E-state index in [9.17, 15) is 14.7 Å². The number of fused-ring (bicyclic) bond motifs is 3. The summed E-state index contributed by atoms with van der Waals surface area (Å²) in [5.41, 5.74) is 11.9. The van der Waals surface area contributed by atoms with Crippen LogP contribution in [0.1, 0.15) is 27.4 Å². The molecule has 0 saturated carbocycles. The topological polar surface area (TPSA) is 174 Å². The number of aromatic carboxylic acids is 1. The summed E-state index contributed by atoms with van der Waals surface area (Å²) >= 11 is 0. The van der Waals surface area contributed by atoms with Crippen molar-refractivity contribution < 1.29 is 19.4 Å². The summed E-state index contributed by atoms with van der Waals surface area (Å²) in [6, 6.07) is 21.4. The van der Waals surface area contributed by atoms with Crippen LogP contribution < -0.4 is 16.5 Å². The van der Waals surface area contributed by atoms with Gasteiger partial charge in [-0.05, 0) is 40.5 Å². The number of ether oxygens (including phenoxy) is 1. The van der Waals surface area contributed by atoms with E-state index in [-0.39, 0.29) is 35.2 Å². The number of carbonyl (C=O) groups is 2. The molecule has 1 amide bonds. The van der Waals surface area contributed by atoms with Crippen molar-refractivity contribution in [2.45, 2.75) is 5.92 Å². The highest BCUT2D eigenvalue weighted by Gasteiger charge is 2.29. The third-order valence-corrected chi connectivity index (χ3v) is 5.50. The third kappa shape index (κ3) is 4.79. The number of hydrogen-bond donors (Lipinski definition) is 5. The fourth-order valence-corrected chi connectivity index (χ4v) is 3.88. The van der Waals surface area contributed by atoms with Gasteiger partial charge in [0.2, 0.25) is 5.71 Å². The zero-order valence-electron chi connectivity index (χ0n) is 18.3. The van der Waals surface area contributed by atoms with Crippen molar-refractivity contribution in [2.75, 3.05) is 17.3 Å². The number of carboxylic acid groups (broad SMARTS) is 1. The molecule has 3 aromatic rings. The van der Waals surface area contributed by atoms with Gasteiger partial charge in [0.15, 0.2) is 5.84 Å². The van der Waals surface area contributed by atoms with Gasteiger partial charge in [0.05, 0.1) is 16.9 Å². The minimum atomic E-state index is -1.20. The minimum absolute atomic E-state index is 0.0618. The fourth-order valence-electron chi connectivity index (χ4n) is 3.88. The van der Waals surface area contributed by atoms with Gasteiger partial charge in [-0.15, -0.1) is 0 Å². The molecule has 0 heterocycles. The number of nitrogens with zero attached hydrogens (tertiary/aromatic N) is 2. The summed E-state index contributed by atoms with van der Waals surface area (Å²) in [4.78, 5) is 24.1. The van der Waals surface area contributed by atoms with Crippen molar-refractivity contribution in [1.82, 2.24) is 0 Å². The second-order valence-corrected chi connectivity index (χ2v) is 7.61. The number of amidine groups is 1. The first kappa shape index (κ1) is 23.0. The molecule has 0 atom stereocenters. The van der Waals surface area contributed by atoms with Crippen LogP contribution in [-0.2, 0) is 4.74 Å². The molecule has 10 nitrogen and oxygen atoms in total.